The first-order chi connectivity index (χ1) is 5.72. The zero-order valence-electron chi connectivity index (χ0n) is 7.45. The van der Waals surface area contributed by atoms with Crippen LogP contribution in [0.4, 0.5) is 0 Å². The molecule has 0 bridgehead atoms. The van der Waals surface area contributed by atoms with Crippen molar-refractivity contribution in [1.29, 1.82) is 0 Å². The molecule has 0 aliphatic heterocycles. The van der Waals surface area contributed by atoms with Crippen molar-refractivity contribution in [1.82, 2.24) is 0 Å². The number of hydrogen-bond acceptors (Lipinski definition) is 2. The molecule has 0 unspecified atom stereocenters. The molecule has 0 heterocycles. The van der Waals surface area contributed by atoms with Crippen molar-refractivity contribution in [2.45, 2.75) is 30.6 Å². The molecule has 0 aliphatic rings. The van der Waals surface area contributed by atoms with Crippen molar-refractivity contribution in [3.8, 4) is 0 Å². The summed E-state index contributed by atoms with van der Waals surface area (Å²) < 4.78 is 0. The highest BCUT2D eigenvalue weighted by molar-refractivity contribution is 7.99. The molecule has 1 N–H and O–H groups in total. The summed E-state index contributed by atoms with van der Waals surface area (Å²) in [6, 6.07) is 8.02. The summed E-state index contributed by atoms with van der Waals surface area (Å²) in [5, 5.41) is 9.48. The molecular weight excluding hydrogens is 168 g/mol. The fraction of sp³-hybridized carbons (Fsp3) is 0.400. The van der Waals surface area contributed by atoms with Gasteiger partial charge in [0, 0.05) is 10.1 Å². The molecule has 0 aromatic heterocycles. The third-order valence-electron chi connectivity index (χ3n) is 1.45. The molecule has 0 amide bonds. The number of aliphatic hydroxyl groups is 1. The van der Waals surface area contributed by atoms with Crippen LogP contribution in [0, 0.1) is 0 Å². The molecule has 0 radical (unpaired) electrons. The molecule has 0 fully saturated rings. The highest BCUT2D eigenvalue weighted by Crippen LogP contribution is 2.23. The molecule has 66 valence electrons. The van der Waals surface area contributed by atoms with Crippen molar-refractivity contribution in [2.24, 2.45) is 0 Å². The molecule has 12 heavy (non-hydrogen) atoms. The molecule has 2 heteroatoms. The van der Waals surface area contributed by atoms with Crippen LogP contribution in [-0.2, 0) is 6.61 Å². The van der Waals surface area contributed by atoms with Crippen LogP contribution >= 0.6 is 11.8 Å². The Morgan fingerprint density at radius 2 is 2.17 bits per heavy atom. The first-order valence-electron chi connectivity index (χ1n) is 4.09. The van der Waals surface area contributed by atoms with E-state index in [9.17, 15) is 0 Å². The number of thioether (sulfide) groups is 1. The largest absolute Gasteiger partial charge is 0.392 e. The van der Waals surface area contributed by atoms with Gasteiger partial charge in [0.05, 0.1) is 6.61 Å². The quantitative estimate of drug-likeness (QED) is 0.725. The van der Waals surface area contributed by atoms with Crippen molar-refractivity contribution in [2.75, 3.05) is 0 Å². The smallest absolute Gasteiger partial charge is 0.0682 e. The Bertz CT molecular complexity index is 245. The van der Waals surface area contributed by atoms with E-state index in [1.54, 1.807) is 0 Å². The fourth-order valence-corrected chi connectivity index (χ4v) is 1.91. The zero-order chi connectivity index (χ0) is 8.97. The lowest BCUT2D eigenvalue weighted by atomic mass is 10.2. The summed E-state index contributed by atoms with van der Waals surface area (Å²) in [6.07, 6.45) is 0. The van der Waals surface area contributed by atoms with E-state index in [1.165, 1.54) is 4.90 Å². The first-order valence-corrected chi connectivity index (χ1v) is 4.97. The minimum Gasteiger partial charge on any atom is -0.392 e. The van der Waals surface area contributed by atoms with Crippen molar-refractivity contribution in [3.05, 3.63) is 29.8 Å². The molecule has 0 aliphatic carbocycles. The van der Waals surface area contributed by atoms with E-state index in [2.05, 4.69) is 19.9 Å². The van der Waals surface area contributed by atoms with E-state index in [4.69, 9.17) is 5.11 Å². The van der Waals surface area contributed by atoms with E-state index in [0.29, 0.717) is 5.25 Å². The van der Waals surface area contributed by atoms with Gasteiger partial charge < -0.3 is 5.11 Å². The predicted molar refractivity (Wildman–Crippen MR) is 53.4 cm³/mol. The van der Waals surface area contributed by atoms with Gasteiger partial charge in [0.1, 0.15) is 0 Å². The number of aliphatic hydroxyl groups excluding tert-OH is 1. The molecule has 1 nitrogen and oxygen atoms in total. The molecule has 1 aromatic rings. The van der Waals surface area contributed by atoms with Crippen LogP contribution in [0.25, 0.3) is 0 Å². The minimum absolute atomic E-state index is 0.131. The molecule has 0 spiro atoms. The number of rotatable bonds is 3. The predicted octanol–water partition coefficient (Wildman–Crippen LogP) is 2.68. The minimum atomic E-state index is 0.131. The van der Waals surface area contributed by atoms with Gasteiger partial charge in [-0.15, -0.1) is 11.8 Å². The summed E-state index contributed by atoms with van der Waals surface area (Å²) in [6.45, 7) is 4.46. The summed E-state index contributed by atoms with van der Waals surface area (Å²) in [5.41, 5.74) is 0.987. The monoisotopic (exact) mass is 182 g/mol. The zero-order valence-corrected chi connectivity index (χ0v) is 8.27. The van der Waals surface area contributed by atoms with Crippen molar-refractivity contribution in [3.63, 3.8) is 0 Å². The second kappa shape index (κ2) is 4.53. The standard InChI is InChI=1S/C10H14OS/c1-8(2)12-10-5-3-4-9(6-10)7-11/h3-6,8,11H,7H2,1-2H3. The lowest BCUT2D eigenvalue weighted by Crippen LogP contribution is -1.87. The van der Waals surface area contributed by atoms with E-state index in [0.717, 1.165) is 5.56 Å². The van der Waals surface area contributed by atoms with Crippen LogP contribution in [0.2, 0.25) is 0 Å². The van der Waals surface area contributed by atoms with Gasteiger partial charge in [-0.05, 0) is 17.7 Å². The maximum absolute atomic E-state index is 8.89. The van der Waals surface area contributed by atoms with Gasteiger partial charge in [0.2, 0.25) is 0 Å². The first kappa shape index (κ1) is 9.62. The molecule has 1 rings (SSSR count). The van der Waals surface area contributed by atoms with Crippen LogP contribution in [0.3, 0.4) is 0 Å². The van der Waals surface area contributed by atoms with Gasteiger partial charge in [0.25, 0.3) is 0 Å². The summed E-state index contributed by atoms with van der Waals surface area (Å²) >= 11 is 1.82. The normalized spacial score (nSPS) is 10.7. The van der Waals surface area contributed by atoms with Gasteiger partial charge >= 0.3 is 0 Å². The molecule has 1 aromatic carbocycles. The van der Waals surface area contributed by atoms with Crippen LogP contribution < -0.4 is 0 Å². The van der Waals surface area contributed by atoms with Crippen LogP contribution in [0.1, 0.15) is 19.4 Å². The van der Waals surface area contributed by atoms with Crippen molar-refractivity contribution < 1.29 is 5.11 Å². The molecule has 0 atom stereocenters. The van der Waals surface area contributed by atoms with Crippen LogP contribution in [-0.4, -0.2) is 10.4 Å². The molecule has 0 saturated carbocycles. The van der Waals surface area contributed by atoms with Gasteiger partial charge in [0.15, 0.2) is 0 Å². The topological polar surface area (TPSA) is 20.2 Å². The fourth-order valence-electron chi connectivity index (χ4n) is 0.989. The van der Waals surface area contributed by atoms with E-state index in [-0.39, 0.29) is 6.61 Å². The van der Waals surface area contributed by atoms with Crippen LogP contribution in [0.15, 0.2) is 29.2 Å². The number of benzene rings is 1. The summed E-state index contributed by atoms with van der Waals surface area (Å²) in [5.74, 6) is 0. The third kappa shape index (κ3) is 2.88. The second-order valence-electron chi connectivity index (χ2n) is 2.97. The van der Waals surface area contributed by atoms with Gasteiger partial charge in [-0.2, -0.15) is 0 Å². The average molecular weight is 182 g/mol. The Hall–Kier alpha value is -0.470. The maximum atomic E-state index is 8.89. The van der Waals surface area contributed by atoms with Crippen LogP contribution in [0.5, 0.6) is 0 Å². The van der Waals surface area contributed by atoms with E-state index in [1.807, 2.05) is 30.0 Å². The Labute approximate surface area is 77.8 Å². The average Bonchev–Trinajstić information content (AvgIpc) is 2.03. The highest BCUT2D eigenvalue weighted by Gasteiger charge is 1.98. The van der Waals surface area contributed by atoms with E-state index >= 15 is 0 Å². The van der Waals surface area contributed by atoms with E-state index < -0.39 is 0 Å². The third-order valence-corrected chi connectivity index (χ3v) is 2.45. The Balaban J connectivity index is 2.72. The SMILES string of the molecule is CC(C)Sc1cccc(CO)c1. The Morgan fingerprint density at radius 1 is 1.42 bits per heavy atom. The van der Waals surface area contributed by atoms with Gasteiger partial charge in [-0.1, -0.05) is 26.0 Å². The van der Waals surface area contributed by atoms with Gasteiger partial charge in [-0.25, -0.2) is 0 Å². The Kier molecular flexibility index (Phi) is 3.63. The second-order valence-corrected chi connectivity index (χ2v) is 4.62. The maximum Gasteiger partial charge on any atom is 0.0682 e. The molecular formula is C10H14OS. The lowest BCUT2D eigenvalue weighted by molar-refractivity contribution is 0.281. The summed E-state index contributed by atoms with van der Waals surface area (Å²) in [7, 11) is 0. The van der Waals surface area contributed by atoms with Gasteiger partial charge in [-0.3, -0.25) is 0 Å². The number of hydrogen-bond donors (Lipinski definition) is 1. The lowest BCUT2D eigenvalue weighted by Gasteiger charge is -2.05. The highest BCUT2D eigenvalue weighted by atomic mass is 32.2. The Morgan fingerprint density at radius 3 is 2.75 bits per heavy atom. The summed E-state index contributed by atoms with van der Waals surface area (Å²) in [4.78, 5) is 1.23. The molecule has 0 saturated heterocycles. The van der Waals surface area contributed by atoms with Crippen molar-refractivity contribution >= 4 is 11.8 Å².